The van der Waals surface area contributed by atoms with Crippen molar-refractivity contribution in [2.24, 2.45) is 11.8 Å². The Kier molecular flexibility index (Phi) is 3.38. The molecule has 96 valence electrons. The van der Waals surface area contributed by atoms with Gasteiger partial charge in [0.2, 0.25) is 0 Å². The molecule has 2 aliphatic rings. The minimum Gasteiger partial charge on any atom is -0.479 e. The molecule has 1 aliphatic carbocycles. The van der Waals surface area contributed by atoms with Gasteiger partial charge in [-0.25, -0.2) is 4.79 Å². The average molecular weight is 241 g/mol. The Hall–Kier alpha value is -1.10. The van der Waals surface area contributed by atoms with Crippen molar-refractivity contribution in [2.45, 2.75) is 38.4 Å². The fourth-order valence-electron chi connectivity index (χ4n) is 2.34. The van der Waals surface area contributed by atoms with Crippen LogP contribution < -0.4 is 0 Å². The summed E-state index contributed by atoms with van der Waals surface area (Å²) in [5, 5.41) is 8.79. The number of hydrogen-bond acceptors (Lipinski definition) is 3. The lowest BCUT2D eigenvalue weighted by atomic mass is 10.2. The van der Waals surface area contributed by atoms with Gasteiger partial charge in [-0.2, -0.15) is 0 Å². The molecule has 1 saturated carbocycles. The predicted octanol–water partition coefficient (Wildman–Crippen LogP) is 0.733. The highest BCUT2D eigenvalue weighted by Crippen LogP contribution is 2.38. The third-order valence-electron chi connectivity index (χ3n) is 3.73. The van der Waals surface area contributed by atoms with Crippen LogP contribution in [0.15, 0.2) is 0 Å². The summed E-state index contributed by atoms with van der Waals surface area (Å²) in [4.78, 5) is 24.4. The maximum Gasteiger partial charge on any atom is 0.332 e. The van der Waals surface area contributed by atoms with Crippen LogP contribution in [0, 0.1) is 11.8 Å². The Morgan fingerprint density at radius 3 is 2.41 bits per heavy atom. The number of hydrogen-bond donors (Lipinski definition) is 1. The Labute approximate surface area is 101 Å². The number of likely N-dealkylation sites (N-methyl/N-ethyl adjacent to an activating group) is 1. The van der Waals surface area contributed by atoms with Gasteiger partial charge >= 0.3 is 5.97 Å². The van der Waals surface area contributed by atoms with Crippen molar-refractivity contribution in [1.29, 1.82) is 0 Å². The van der Waals surface area contributed by atoms with E-state index in [9.17, 15) is 9.59 Å². The smallest absolute Gasteiger partial charge is 0.332 e. The zero-order valence-corrected chi connectivity index (χ0v) is 10.3. The van der Waals surface area contributed by atoms with Gasteiger partial charge in [-0.1, -0.05) is 6.92 Å². The predicted molar refractivity (Wildman–Crippen MR) is 60.4 cm³/mol. The zero-order chi connectivity index (χ0) is 12.6. The van der Waals surface area contributed by atoms with Crippen LogP contribution >= 0.6 is 0 Å². The highest BCUT2D eigenvalue weighted by Gasteiger charge is 2.39. The molecule has 1 N–H and O–H groups in total. The lowest BCUT2D eigenvalue weighted by Gasteiger charge is -2.21. The largest absolute Gasteiger partial charge is 0.479 e. The summed E-state index contributed by atoms with van der Waals surface area (Å²) in [5.41, 5.74) is 0. The zero-order valence-electron chi connectivity index (χ0n) is 10.3. The molecule has 4 atom stereocenters. The van der Waals surface area contributed by atoms with Crippen molar-refractivity contribution in [3.8, 4) is 0 Å². The van der Waals surface area contributed by atoms with Crippen LogP contribution in [-0.4, -0.2) is 47.7 Å². The van der Waals surface area contributed by atoms with E-state index in [-0.39, 0.29) is 5.91 Å². The van der Waals surface area contributed by atoms with Gasteiger partial charge < -0.3 is 14.7 Å². The van der Waals surface area contributed by atoms with Crippen LogP contribution in [-0.2, 0) is 14.3 Å². The highest BCUT2D eigenvalue weighted by atomic mass is 16.5. The first-order valence-electron chi connectivity index (χ1n) is 6.12. The molecule has 2 fully saturated rings. The third kappa shape index (κ3) is 2.77. The van der Waals surface area contributed by atoms with Gasteiger partial charge in [0.15, 0.2) is 6.10 Å². The molecule has 17 heavy (non-hydrogen) atoms. The average Bonchev–Trinajstić information content (AvgIpc) is 2.82. The van der Waals surface area contributed by atoms with Gasteiger partial charge in [-0.15, -0.1) is 0 Å². The number of carbonyl (C=O) groups is 2. The minimum atomic E-state index is -0.973. The lowest BCUT2D eigenvalue weighted by molar-refractivity contribution is -0.154. The molecule has 0 aromatic carbocycles. The van der Waals surface area contributed by atoms with Crippen molar-refractivity contribution in [3.63, 3.8) is 0 Å². The number of rotatable bonds is 4. The molecule has 1 saturated heterocycles. The quantitative estimate of drug-likeness (QED) is 0.788. The summed E-state index contributed by atoms with van der Waals surface area (Å²) < 4.78 is 5.24. The van der Waals surface area contributed by atoms with Crippen LogP contribution in [0.3, 0.4) is 0 Å². The van der Waals surface area contributed by atoms with E-state index in [0.29, 0.717) is 24.7 Å². The Bertz CT molecular complexity index is 330. The monoisotopic (exact) mass is 241 g/mol. The summed E-state index contributed by atoms with van der Waals surface area (Å²) in [5.74, 6) is 0.272. The third-order valence-corrected chi connectivity index (χ3v) is 3.73. The van der Waals surface area contributed by atoms with E-state index in [1.807, 2.05) is 0 Å². The number of amides is 1. The molecular weight excluding hydrogens is 222 g/mol. The first-order valence-corrected chi connectivity index (χ1v) is 6.12. The van der Waals surface area contributed by atoms with E-state index in [4.69, 9.17) is 9.84 Å². The molecule has 1 amide bonds. The normalized spacial score (nSPS) is 35.6. The maximum atomic E-state index is 12.0. The highest BCUT2D eigenvalue weighted by molar-refractivity contribution is 5.82. The molecule has 1 aliphatic heterocycles. The molecule has 0 spiro atoms. The second kappa shape index (κ2) is 4.64. The van der Waals surface area contributed by atoms with E-state index in [1.165, 1.54) is 6.42 Å². The van der Waals surface area contributed by atoms with Crippen LogP contribution in [0.2, 0.25) is 0 Å². The van der Waals surface area contributed by atoms with E-state index >= 15 is 0 Å². The SMILES string of the molecule is CC1CC1CN(C)C(=O)C1CCC(C(=O)O)O1. The molecule has 5 heteroatoms. The summed E-state index contributed by atoms with van der Waals surface area (Å²) in [6.07, 6.45) is 0.757. The van der Waals surface area contributed by atoms with E-state index in [0.717, 1.165) is 6.54 Å². The summed E-state index contributed by atoms with van der Waals surface area (Å²) in [6, 6.07) is 0. The molecule has 0 aromatic heterocycles. The van der Waals surface area contributed by atoms with Gasteiger partial charge in [-0.05, 0) is 31.1 Å². The van der Waals surface area contributed by atoms with Crippen molar-refractivity contribution in [2.75, 3.05) is 13.6 Å². The van der Waals surface area contributed by atoms with Crippen molar-refractivity contribution in [3.05, 3.63) is 0 Å². The fraction of sp³-hybridized carbons (Fsp3) is 0.833. The lowest BCUT2D eigenvalue weighted by Crippen LogP contribution is -2.38. The molecule has 2 rings (SSSR count). The first kappa shape index (κ1) is 12.4. The van der Waals surface area contributed by atoms with Crippen molar-refractivity contribution in [1.82, 2.24) is 4.90 Å². The van der Waals surface area contributed by atoms with Crippen LogP contribution in [0.1, 0.15) is 26.2 Å². The molecular formula is C12H19NO4. The molecule has 0 aromatic rings. The van der Waals surface area contributed by atoms with Crippen LogP contribution in [0.5, 0.6) is 0 Å². The van der Waals surface area contributed by atoms with Crippen molar-refractivity contribution < 1.29 is 19.4 Å². The second-order valence-corrected chi connectivity index (χ2v) is 5.22. The van der Waals surface area contributed by atoms with Crippen LogP contribution in [0.4, 0.5) is 0 Å². The Morgan fingerprint density at radius 1 is 1.35 bits per heavy atom. The number of carboxylic acid groups (broad SMARTS) is 1. The Balaban J connectivity index is 1.81. The molecule has 0 bridgehead atoms. The standard InChI is InChI=1S/C12H19NO4/c1-7-5-8(7)6-13(2)11(14)9-3-4-10(17-9)12(15)16/h7-10H,3-6H2,1-2H3,(H,15,16). The summed E-state index contributed by atoms with van der Waals surface area (Å²) >= 11 is 0. The second-order valence-electron chi connectivity index (χ2n) is 5.22. The number of ether oxygens (including phenoxy) is 1. The van der Waals surface area contributed by atoms with E-state index < -0.39 is 18.2 Å². The summed E-state index contributed by atoms with van der Waals surface area (Å²) in [7, 11) is 1.77. The fourth-order valence-corrected chi connectivity index (χ4v) is 2.34. The number of aliphatic carboxylic acids is 1. The van der Waals surface area contributed by atoms with Gasteiger partial charge in [0.25, 0.3) is 5.91 Å². The van der Waals surface area contributed by atoms with Gasteiger partial charge in [0, 0.05) is 13.6 Å². The molecule has 4 unspecified atom stereocenters. The minimum absolute atomic E-state index is 0.0761. The topological polar surface area (TPSA) is 66.8 Å². The van der Waals surface area contributed by atoms with Crippen molar-refractivity contribution >= 4 is 11.9 Å². The number of carboxylic acids is 1. The molecule has 1 heterocycles. The van der Waals surface area contributed by atoms with Gasteiger partial charge in [0.1, 0.15) is 6.10 Å². The van der Waals surface area contributed by atoms with Gasteiger partial charge in [-0.3, -0.25) is 4.79 Å². The Morgan fingerprint density at radius 2 is 1.94 bits per heavy atom. The van der Waals surface area contributed by atoms with Gasteiger partial charge in [0.05, 0.1) is 0 Å². The molecule has 5 nitrogen and oxygen atoms in total. The van der Waals surface area contributed by atoms with E-state index in [1.54, 1.807) is 11.9 Å². The number of nitrogens with zero attached hydrogens (tertiary/aromatic N) is 1. The van der Waals surface area contributed by atoms with Crippen LogP contribution in [0.25, 0.3) is 0 Å². The molecule has 0 radical (unpaired) electrons. The van der Waals surface area contributed by atoms with E-state index in [2.05, 4.69) is 6.92 Å². The number of carbonyl (C=O) groups excluding carboxylic acids is 1. The maximum absolute atomic E-state index is 12.0. The summed E-state index contributed by atoms with van der Waals surface area (Å²) in [6.45, 7) is 2.94. The first-order chi connectivity index (χ1) is 7.99.